The SMILES string of the molecule is CCCNc1ccnc(C(=O)NCC(C)(C)C)c1. The van der Waals surface area contributed by atoms with Crippen molar-refractivity contribution < 1.29 is 4.79 Å². The summed E-state index contributed by atoms with van der Waals surface area (Å²) in [7, 11) is 0. The minimum Gasteiger partial charge on any atom is -0.385 e. The predicted molar refractivity (Wildman–Crippen MR) is 74.8 cm³/mol. The molecule has 2 N–H and O–H groups in total. The van der Waals surface area contributed by atoms with E-state index in [1.165, 1.54) is 0 Å². The summed E-state index contributed by atoms with van der Waals surface area (Å²) in [4.78, 5) is 16.0. The zero-order valence-corrected chi connectivity index (χ0v) is 11.7. The topological polar surface area (TPSA) is 54.0 Å². The quantitative estimate of drug-likeness (QED) is 0.843. The molecule has 0 unspecified atom stereocenters. The molecule has 0 aliphatic heterocycles. The Morgan fingerprint density at radius 3 is 2.72 bits per heavy atom. The van der Waals surface area contributed by atoms with Gasteiger partial charge < -0.3 is 10.6 Å². The lowest BCUT2D eigenvalue weighted by molar-refractivity contribution is 0.0934. The Hall–Kier alpha value is -1.58. The molecule has 0 atom stereocenters. The summed E-state index contributed by atoms with van der Waals surface area (Å²) in [5, 5.41) is 6.13. The molecule has 0 spiro atoms. The first kappa shape index (κ1) is 14.5. The van der Waals surface area contributed by atoms with Crippen LogP contribution in [0.15, 0.2) is 18.3 Å². The highest BCUT2D eigenvalue weighted by molar-refractivity contribution is 5.93. The van der Waals surface area contributed by atoms with Gasteiger partial charge in [0, 0.05) is 25.0 Å². The van der Waals surface area contributed by atoms with Gasteiger partial charge in [-0.05, 0) is 24.0 Å². The second-order valence-electron chi connectivity index (χ2n) is 5.60. The van der Waals surface area contributed by atoms with Crippen molar-refractivity contribution in [2.75, 3.05) is 18.4 Å². The second kappa shape index (κ2) is 6.38. The Balaban J connectivity index is 2.62. The highest BCUT2D eigenvalue weighted by Gasteiger charge is 2.13. The van der Waals surface area contributed by atoms with Gasteiger partial charge in [-0.25, -0.2) is 0 Å². The summed E-state index contributed by atoms with van der Waals surface area (Å²) >= 11 is 0. The van der Waals surface area contributed by atoms with E-state index in [4.69, 9.17) is 0 Å². The summed E-state index contributed by atoms with van der Waals surface area (Å²) in [6.45, 7) is 9.89. The zero-order valence-electron chi connectivity index (χ0n) is 11.7. The number of carbonyl (C=O) groups is 1. The molecule has 0 bridgehead atoms. The summed E-state index contributed by atoms with van der Waals surface area (Å²) < 4.78 is 0. The summed E-state index contributed by atoms with van der Waals surface area (Å²) in [5.74, 6) is -0.120. The van der Waals surface area contributed by atoms with Gasteiger partial charge in [-0.2, -0.15) is 0 Å². The Kier molecular flexibility index (Phi) is 5.13. The van der Waals surface area contributed by atoms with Crippen molar-refractivity contribution in [1.29, 1.82) is 0 Å². The van der Waals surface area contributed by atoms with Crippen LogP contribution in [0.1, 0.15) is 44.6 Å². The van der Waals surface area contributed by atoms with Gasteiger partial charge >= 0.3 is 0 Å². The molecule has 1 rings (SSSR count). The molecule has 4 nitrogen and oxygen atoms in total. The monoisotopic (exact) mass is 249 g/mol. The van der Waals surface area contributed by atoms with Gasteiger partial charge in [0.15, 0.2) is 0 Å². The molecule has 0 saturated carbocycles. The van der Waals surface area contributed by atoms with E-state index < -0.39 is 0 Å². The molecule has 0 radical (unpaired) electrons. The Morgan fingerprint density at radius 2 is 2.11 bits per heavy atom. The Labute approximate surface area is 109 Å². The average Bonchev–Trinajstić information content (AvgIpc) is 2.33. The maximum Gasteiger partial charge on any atom is 0.269 e. The average molecular weight is 249 g/mol. The van der Waals surface area contributed by atoms with Crippen LogP contribution in [-0.4, -0.2) is 24.0 Å². The van der Waals surface area contributed by atoms with Gasteiger partial charge in [0.25, 0.3) is 5.91 Å². The minimum atomic E-state index is -0.120. The van der Waals surface area contributed by atoms with Crippen LogP contribution in [0.3, 0.4) is 0 Å². The lowest BCUT2D eigenvalue weighted by atomic mass is 9.97. The number of hydrogen-bond acceptors (Lipinski definition) is 3. The number of rotatable bonds is 5. The predicted octanol–water partition coefficient (Wildman–Crippen LogP) is 2.68. The maximum absolute atomic E-state index is 11.9. The second-order valence-corrected chi connectivity index (χ2v) is 5.60. The maximum atomic E-state index is 11.9. The molecule has 18 heavy (non-hydrogen) atoms. The number of hydrogen-bond donors (Lipinski definition) is 2. The van der Waals surface area contributed by atoms with Crippen LogP contribution in [0.2, 0.25) is 0 Å². The number of aromatic nitrogens is 1. The van der Waals surface area contributed by atoms with Gasteiger partial charge in [0.1, 0.15) is 5.69 Å². The lowest BCUT2D eigenvalue weighted by Gasteiger charge is -2.18. The molecule has 0 aliphatic rings. The van der Waals surface area contributed by atoms with Gasteiger partial charge in [0.05, 0.1) is 0 Å². The first-order valence-corrected chi connectivity index (χ1v) is 6.40. The van der Waals surface area contributed by atoms with Gasteiger partial charge in [-0.15, -0.1) is 0 Å². The Morgan fingerprint density at radius 1 is 1.39 bits per heavy atom. The van der Waals surface area contributed by atoms with Crippen LogP contribution in [0.4, 0.5) is 5.69 Å². The van der Waals surface area contributed by atoms with Crippen molar-refractivity contribution in [1.82, 2.24) is 10.3 Å². The van der Waals surface area contributed by atoms with E-state index in [-0.39, 0.29) is 11.3 Å². The van der Waals surface area contributed by atoms with E-state index in [1.54, 1.807) is 12.3 Å². The molecule has 1 amide bonds. The number of nitrogens with zero attached hydrogens (tertiary/aromatic N) is 1. The minimum absolute atomic E-state index is 0.0771. The van der Waals surface area contributed by atoms with Gasteiger partial charge in [-0.3, -0.25) is 9.78 Å². The molecule has 0 aromatic carbocycles. The largest absolute Gasteiger partial charge is 0.385 e. The van der Waals surface area contributed by atoms with E-state index in [2.05, 4.69) is 43.3 Å². The molecule has 0 saturated heterocycles. The number of pyridine rings is 1. The molecule has 1 heterocycles. The van der Waals surface area contributed by atoms with Crippen LogP contribution in [0.25, 0.3) is 0 Å². The third kappa shape index (κ3) is 5.17. The summed E-state index contributed by atoms with van der Waals surface area (Å²) in [5.41, 5.74) is 1.47. The van der Waals surface area contributed by atoms with Crippen LogP contribution in [-0.2, 0) is 0 Å². The molecular weight excluding hydrogens is 226 g/mol. The number of nitrogens with one attached hydrogen (secondary N) is 2. The summed E-state index contributed by atoms with van der Waals surface area (Å²) in [6.07, 6.45) is 2.71. The summed E-state index contributed by atoms with van der Waals surface area (Å²) in [6, 6.07) is 3.66. The van der Waals surface area contributed by atoms with E-state index in [1.807, 2.05) is 6.07 Å². The zero-order chi connectivity index (χ0) is 13.6. The highest BCUT2D eigenvalue weighted by Crippen LogP contribution is 2.12. The van der Waals surface area contributed by atoms with Crippen molar-refractivity contribution in [3.05, 3.63) is 24.0 Å². The first-order chi connectivity index (χ1) is 8.42. The standard InChI is InChI=1S/C14H23N3O/c1-5-7-15-11-6-8-16-12(9-11)13(18)17-10-14(2,3)4/h6,8-9H,5,7,10H2,1-4H3,(H,15,16)(H,17,18). The fraction of sp³-hybridized carbons (Fsp3) is 0.571. The molecule has 0 fully saturated rings. The number of amides is 1. The number of carbonyl (C=O) groups excluding carboxylic acids is 1. The van der Waals surface area contributed by atoms with Crippen LogP contribution < -0.4 is 10.6 Å². The van der Waals surface area contributed by atoms with Gasteiger partial charge in [-0.1, -0.05) is 27.7 Å². The van der Waals surface area contributed by atoms with Crippen molar-refractivity contribution in [2.24, 2.45) is 5.41 Å². The van der Waals surface area contributed by atoms with Crippen molar-refractivity contribution in [3.63, 3.8) is 0 Å². The normalized spacial score (nSPS) is 11.1. The third-order valence-electron chi connectivity index (χ3n) is 2.35. The van der Waals surface area contributed by atoms with E-state index in [0.717, 1.165) is 18.7 Å². The first-order valence-electron chi connectivity index (χ1n) is 6.40. The molecule has 4 heteroatoms. The number of anilines is 1. The molecule has 1 aromatic heterocycles. The lowest BCUT2D eigenvalue weighted by Crippen LogP contribution is -2.32. The van der Waals surface area contributed by atoms with E-state index >= 15 is 0 Å². The molecule has 0 aliphatic carbocycles. The highest BCUT2D eigenvalue weighted by atomic mass is 16.1. The third-order valence-corrected chi connectivity index (χ3v) is 2.35. The van der Waals surface area contributed by atoms with Crippen molar-refractivity contribution in [2.45, 2.75) is 34.1 Å². The van der Waals surface area contributed by atoms with Gasteiger partial charge in [0.2, 0.25) is 0 Å². The molecular formula is C14H23N3O. The fourth-order valence-electron chi connectivity index (χ4n) is 1.37. The van der Waals surface area contributed by atoms with E-state index in [9.17, 15) is 4.79 Å². The molecule has 1 aromatic rings. The molecule has 100 valence electrons. The van der Waals surface area contributed by atoms with Crippen molar-refractivity contribution in [3.8, 4) is 0 Å². The smallest absolute Gasteiger partial charge is 0.269 e. The van der Waals surface area contributed by atoms with E-state index in [0.29, 0.717) is 12.2 Å². The van der Waals surface area contributed by atoms with Crippen LogP contribution >= 0.6 is 0 Å². The van der Waals surface area contributed by atoms with Crippen LogP contribution in [0.5, 0.6) is 0 Å². The fourth-order valence-corrected chi connectivity index (χ4v) is 1.37. The van der Waals surface area contributed by atoms with Crippen LogP contribution in [0, 0.1) is 5.41 Å². The van der Waals surface area contributed by atoms with Crippen molar-refractivity contribution >= 4 is 11.6 Å². The Bertz CT molecular complexity index is 396.